The topological polar surface area (TPSA) is 165 Å². The first kappa shape index (κ1) is 30.7. The van der Waals surface area contributed by atoms with E-state index in [1.165, 1.54) is 4.90 Å². The van der Waals surface area contributed by atoms with Crippen LogP contribution in [0.5, 0.6) is 0 Å². The van der Waals surface area contributed by atoms with Gasteiger partial charge in [0.05, 0.1) is 30.6 Å². The molecule has 0 spiro atoms. The summed E-state index contributed by atoms with van der Waals surface area (Å²) in [6, 6.07) is 17.5. The first-order chi connectivity index (χ1) is 20.8. The van der Waals surface area contributed by atoms with Crippen LogP contribution in [0.4, 0.5) is 16.3 Å². The number of pyridine rings is 1. The molecule has 0 bridgehead atoms. The molecule has 2 aromatic heterocycles. The summed E-state index contributed by atoms with van der Waals surface area (Å²) in [5.41, 5.74) is 9.23. The normalized spacial score (nSPS) is 11.3. The molecule has 0 aliphatic carbocycles. The number of unbranched alkanes of at least 4 members (excludes halogenated alkanes) is 2. The van der Waals surface area contributed by atoms with Crippen LogP contribution in [0.2, 0.25) is 0 Å². The number of fused-ring (bicyclic) bond motifs is 1. The van der Waals surface area contributed by atoms with Gasteiger partial charge in [-0.15, -0.1) is 0 Å². The predicted molar refractivity (Wildman–Crippen MR) is 164 cm³/mol. The lowest BCUT2D eigenvalue weighted by atomic mass is 10.1. The molecule has 4 rings (SSSR count). The van der Waals surface area contributed by atoms with Crippen molar-refractivity contribution >= 4 is 46.3 Å². The first-order valence-electron chi connectivity index (χ1n) is 14.0. The highest BCUT2D eigenvalue weighted by Gasteiger charge is 2.21. The number of carbonyl (C=O) groups excluding carboxylic acids is 2. The van der Waals surface area contributed by atoms with Crippen LogP contribution in [-0.4, -0.2) is 56.6 Å². The van der Waals surface area contributed by atoms with Crippen molar-refractivity contribution in [1.82, 2.24) is 14.5 Å². The summed E-state index contributed by atoms with van der Waals surface area (Å²) in [7, 11) is 1.89. The lowest BCUT2D eigenvalue weighted by Gasteiger charge is -2.21. The number of rotatable bonds is 13. The molecule has 0 saturated carbocycles. The predicted octanol–water partition coefficient (Wildman–Crippen LogP) is 4.73. The Bertz CT molecular complexity index is 1600. The standard InChI is InChI=1S/C31H35N7O5/c1-3-4-7-18-43-31(42)36-29(32)21-9-12-23(13-10-21)34-20-27-35-24-19-22(11-14-25(24)37(27)2)30(41)38(17-15-28(39)40)26-8-5-6-16-33-26/h5-6,8-14,16,19,34H,3-4,7,15,17-18,20H2,1-2H3,(H,39,40)(H2,32,36,42). The number of aliphatic imine (C=N–C) groups is 1. The second-order valence-electron chi connectivity index (χ2n) is 9.83. The molecule has 2 amide bonds. The number of hydrogen-bond donors (Lipinski definition) is 3. The van der Waals surface area contributed by atoms with Crippen molar-refractivity contribution in [3.05, 3.63) is 83.8 Å². The Hall–Kier alpha value is -5.26. The summed E-state index contributed by atoms with van der Waals surface area (Å²) in [5.74, 6) is -0.170. The van der Waals surface area contributed by atoms with Crippen LogP contribution in [0.25, 0.3) is 11.0 Å². The average molecular weight is 586 g/mol. The second-order valence-corrected chi connectivity index (χ2v) is 9.83. The molecule has 224 valence electrons. The third kappa shape index (κ3) is 8.15. The molecule has 12 nitrogen and oxygen atoms in total. The molecule has 2 aromatic carbocycles. The van der Waals surface area contributed by atoms with E-state index in [0.29, 0.717) is 35.6 Å². The number of nitrogens with one attached hydrogen (secondary N) is 1. The van der Waals surface area contributed by atoms with E-state index in [2.05, 4.69) is 22.2 Å². The lowest BCUT2D eigenvalue weighted by molar-refractivity contribution is -0.136. The fraction of sp³-hybridized carbons (Fsp3) is 0.290. The number of carboxylic acid groups (broad SMARTS) is 1. The van der Waals surface area contributed by atoms with Gasteiger partial charge in [0.1, 0.15) is 17.5 Å². The summed E-state index contributed by atoms with van der Waals surface area (Å²) >= 11 is 0. The van der Waals surface area contributed by atoms with E-state index in [-0.39, 0.29) is 24.7 Å². The molecule has 0 radical (unpaired) electrons. The number of anilines is 2. The lowest BCUT2D eigenvalue weighted by Crippen LogP contribution is -2.33. The Morgan fingerprint density at radius 2 is 1.84 bits per heavy atom. The molecule has 0 atom stereocenters. The molecule has 43 heavy (non-hydrogen) atoms. The summed E-state index contributed by atoms with van der Waals surface area (Å²) in [5, 5.41) is 12.5. The van der Waals surface area contributed by atoms with Crippen LogP contribution in [0.1, 0.15) is 54.4 Å². The smallest absolute Gasteiger partial charge is 0.435 e. The largest absolute Gasteiger partial charge is 0.481 e. The maximum atomic E-state index is 13.4. The molecular weight excluding hydrogens is 550 g/mol. The number of nitrogens with zero attached hydrogens (tertiary/aromatic N) is 5. The van der Waals surface area contributed by atoms with Gasteiger partial charge in [-0.2, -0.15) is 4.99 Å². The van der Waals surface area contributed by atoms with Gasteiger partial charge < -0.3 is 25.5 Å². The van der Waals surface area contributed by atoms with Crippen molar-refractivity contribution < 1.29 is 24.2 Å². The van der Waals surface area contributed by atoms with E-state index >= 15 is 0 Å². The highest BCUT2D eigenvalue weighted by molar-refractivity contribution is 6.07. The number of carbonyl (C=O) groups is 3. The van der Waals surface area contributed by atoms with Gasteiger partial charge in [-0.1, -0.05) is 25.8 Å². The first-order valence-corrected chi connectivity index (χ1v) is 14.0. The number of aryl methyl sites for hydroxylation is 1. The van der Waals surface area contributed by atoms with E-state index in [4.69, 9.17) is 15.5 Å². The van der Waals surface area contributed by atoms with Crippen molar-refractivity contribution in [2.45, 2.75) is 39.2 Å². The third-order valence-corrected chi connectivity index (χ3v) is 6.76. The Labute approximate surface area is 249 Å². The zero-order valence-electron chi connectivity index (χ0n) is 24.2. The van der Waals surface area contributed by atoms with Gasteiger partial charge in [-0.05, 0) is 61.0 Å². The van der Waals surface area contributed by atoms with E-state index in [0.717, 1.165) is 36.3 Å². The van der Waals surface area contributed by atoms with Crippen molar-refractivity contribution in [1.29, 1.82) is 0 Å². The fourth-order valence-corrected chi connectivity index (χ4v) is 4.38. The summed E-state index contributed by atoms with van der Waals surface area (Å²) in [6.45, 7) is 2.78. The third-order valence-electron chi connectivity index (χ3n) is 6.76. The van der Waals surface area contributed by atoms with Crippen molar-refractivity contribution in [2.75, 3.05) is 23.4 Å². The number of amidine groups is 1. The zero-order chi connectivity index (χ0) is 30.8. The molecule has 0 aliphatic heterocycles. The molecule has 0 unspecified atom stereocenters. The zero-order valence-corrected chi connectivity index (χ0v) is 24.2. The quantitative estimate of drug-likeness (QED) is 0.114. The van der Waals surface area contributed by atoms with E-state index in [9.17, 15) is 19.5 Å². The van der Waals surface area contributed by atoms with E-state index in [1.807, 2.05) is 29.8 Å². The maximum Gasteiger partial charge on any atom is 0.435 e. The minimum absolute atomic E-state index is 0.0139. The van der Waals surface area contributed by atoms with Gasteiger partial charge in [-0.25, -0.2) is 14.8 Å². The number of hydrogen-bond acceptors (Lipinski definition) is 7. The number of aliphatic carboxylic acids is 1. The van der Waals surface area contributed by atoms with Crippen LogP contribution >= 0.6 is 0 Å². The number of imidazole rings is 1. The van der Waals surface area contributed by atoms with Crippen LogP contribution in [0.15, 0.2) is 71.9 Å². The van der Waals surface area contributed by atoms with E-state index in [1.54, 1.807) is 48.7 Å². The van der Waals surface area contributed by atoms with Gasteiger partial charge in [0, 0.05) is 36.6 Å². The van der Waals surface area contributed by atoms with Gasteiger partial charge in [0.15, 0.2) is 0 Å². The van der Waals surface area contributed by atoms with Crippen LogP contribution in [-0.2, 0) is 23.1 Å². The van der Waals surface area contributed by atoms with Gasteiger partial charge in [0.2, 0.25) is 0 Å². The maximum absolute atomic E-state index is 13.4. The monoisotopic (exact) mass is 585 g/mol. The Balaban J connectivity index is 1.43. The minimum Gasteiger partial charge on any atom is -0.481 e. The molecule has 12 heteroatoms. The van der Waals surface area contributed by atoms with E-state index < -0.39 is 12.1 Å². The molecule has 2 heterocycles. The highest BCUT2D eigenvalue weighted by atomic mass is 16.5. The summed E-state index contributed by atoms with van der Waals surface area (Å²) in [4.78, 5) is 50.6. The van der Waals surface area contributed by atoms with Crippen LogP contribution in [0.3, 0.4) is 0 Å². The number of amides is 2. The number of carboxylic acids is 1. The van der Waals surface area contributed by atoms with Gasteiger partial charge >= 0.3 is 12.1 Å². The molecule has 4 aromatic rings. The second kappa shape index (κ2) is 14.6. The summed E-state index contributed by atoms with van der Waals surface area (Å²) in [6.07, 6.45) is 3.45. The number of ether oxygens (including phenoxy) is 1. The number of aromatic nitrogens is 3. The van der Waals surface area contributed by atoms with Gasteiger partial charge in [-0.3, -0.25) is 14.5 Å². The summed E-state index contributed by atoms with van der Waals surface area (Å²) < 4.78 is 7.02. The number of benzene rings is 2. The fourth-order valence-electron chi connectivity index (χ4n) is 4.38. The SMILES string of the molecule is CCCCCOC(=O)/N=C(/N)c1ccc(NCc2nc3cc(C(=O)N(CCC(=O)O)c4ccccn4)ccc3n2C)cc1. The highest BCUT2D eigenvalue weighted by Crippen LogP contribution is 2.21. The Morgan fingerprint density at radius 3 is 2.53 bits per heavy atom. The van der Waals surface area contributed by atoms with Crippen LogP contribution < -0.4 is 16.0 Å². The van der Waals surface area contributed by atoms with Crippen LogP contribution in [0, 0.1) is 0 Å². The van der Waals surface area contributed by atoms with Crippen molar-refractivity contribution in [3.63, 3.8) is 0 Å². The Morgan fingerprint density at radius 1 is 1.07 bits per heavy atom. The molecular formula is C31H35N7O5. The molecule has 0 aliphatic rings. The minimum atomic E-state index is -1.00. The molecule has 0 fully saturated rings. The van der Waals surface area contributed by atoms with Crippen molar-refractivity contribution in [2.24, 2.45) is 17.8 Å². The Kier molecular flexibility index (Phi) is 10.4. The van der Waals surface area contributed by atoms with Gasteiger partial charge in [0.25, 0.3) is 5.91 Å². The number of nitrogens with two attached hydrogens (primary N) is 1. The molecule has 0 saturated heterocycles. The molecule has 4 N–H and O–H groups in total. The van der Waals surface area contributed by atoms with Crippen molar-refractivity contribution in [3.8, 4) is 0 Å². The average Bonchev–Trinajstić information content (AvgIpc) is 3.33.